The molecule has 0 saturated carbocycles. The molecule has 1 aromatic carbocycles. The second-order valence-electron chi connectivity index (χ2n) is 3.82. The average Bonchev–Trinajstić information content (AvgIpc) is 2.85. The number of hydrogen-bond donors (Lipinski definition) is 1. The Balaban J connectivity index is 2.07. The zero-order chi connectivity index (χ0) is 13.1. The van der Waals surface area contributed by atoms with Gasteiger partial charge in [-0.1, -0.05) is 11.6 Å². The minimum Gasteiger partial charge on any atom is -0.333 e. The number of carbonyl (C=O) groups excluding carboxylic acids is 1. The normalized spacial score (nSPS) is 10.4. The lowest BCUT2D eigenvalue weighted by molar-refractivity contribution is 0.242. The third-order valence-corrected chi connectivity index (χ3v) is 2.90. The van der Waals surface area contributed by atoms with E-state index in [1.807, 2.05) is 0 Å². The number of benzene rings is 1. The SMILES string of the molecule is Cc1cc(CNC(=O)n2ccnc2)c(F)cc1Cl. The summed E-state index contributed by atoms with van der Waals surface area (Å²) < 4.78 is 14.8. The number of nitrogens with one attached hydrogen (secondary N) is 1. The van der Waals surface area contributed by atoms with Crippen molar-refractivity contribution in [1.29, 1.82) is 0 Å². The quantitative estimate of drug-likeness (QED) is 0.909. The molecule has 6 heteroatoms. The highest BCUT2D eigenvalue weighted by Crippen LogP contribution is 2.19. The summed E-state index contributed by atoms with van der Waals surface area (Å²) >= 11 is 5.79. The Morgan fingerprint density at radius 3 is 3.00 bits per heavy atom. The van der Waals surface area contributed by atoms with Crippen LogP contribution in [-0.4, -0.2) is 15.6 Å². The van der Waals surface area contributed by atoms with Crippen molar-refractivity contribution in [3.05, 3.63) is 52.8 Å². The molecule has 0 aliphatic carbocycles. The first-order valence-electron chi connectivity index (χ1n) is 5.28. The fourth-order valence-electron chi connectivity index (χ4n) is 1.49. The second kappa shape index (κ2) is 5.18. The Kier molecular flexibility index (Phi) is 3.62. The predicted molar refractivity (Wildman–Crippen MR) is 66.0 cm³/mol. The summed E-state index contributed by atoms with van der Waals surface area (Å²) in [5, 5.41) is 2.96. The summed E-state index contributed by atoms with van der Waals surface area (Å²) in [4.78, 5) is 15.4. The Labute approximate surface area is 108 Å². The van der Waals surface area contributed by atoms with E-state index < -0.39 is 5.82 Å². The number of halogens is 2. The molecule has 0 unspecified atom stereocenters. The largest absolute Gasteiger partial charge is 0.333 e. The Bertz CT molecular complexity index is 569. The van der Waals surface area contributed by atoms with E-state index in [0.717, 1.165) is 5.56 Å². The Morgan fingerprint density at radius 1 is 1.56 bits per heavy atom. The molecule has 1 aromatic heterocycles. The molecule has 1 amide bonds. The summed E-state index contributed by atoms with van der Waals surface area (Å²) in [7, 11) is 0. The molecule has 0 atom stereocenters. The number of nitrogens with zero attached hydrogens (tertiary/aromatic N) is 2. The lowest BCUT2D eigenvalue weighted by Gasteiger charge is -2.08. The molecular formula is C12H11ClFN3O. The fraction of sp³-hybridized carbons (Fsp3) is 0.167. The van der Waals surface area contributed by atoms with E-state index in [0.29, 0.717) is 10.6 Å². The van der Waals surface area contributed by atoms with Crippen LogP contribution in [0, 0.1) is 12.7 Å². The standard InChI is InChI=1S/C12H11ClFN3O/c1-8-4-9(11(14)5-10(8)13)6-16-12(18)17-3-2-15-7-17/h2-5,7H,6H2,1H3,(H,16,18). The van der Waals surface area contributed by atoms with Gasteiger partial charge < -0.3 is 5.32 Å². The smallest absolute Gasteiger partial charge is 0.327 e. The number of carbonyl (C=O) groups is 1. The van der Waals surface area contributed by atoms with Crippen LogP contribution < -0.4 is 5.32 Å². The molecule has 2 aromatic rings. The van der Waals surface area contributed by atoms with Crippen molar-refractivity contribution in [2.24, 2.45) is 0 Å². The molecule has 0 aliphatic heterocycles. The fourth-order valence-corrected chi connectivity index (χ4v) is 1.64. The zero-order valence-corrected chi connectivity index (χ0v) is 10.4. The lowest BCUT2D eigenvalue weighted by atomic mass is 10.1. The van der Waals surface area contributed by atoms with E-state index in [2.05, 4.69) is 10.3 Å². The molecule has 0 saturated heterocycles. The van der Waals surface area contributed by atoms with Gasteiger partial charge in [0.25, 0.3) is 0 Å². The van der Waals surface area contributed by atoms with E-state index >= 15 is 0 Å². The number of hydrogen-bond acceptors (Lipinski definition) is 2. The second-order valence-corrected chi connectivity index (χ2v) is 4.23. The number of amides is 1. The van der Waals surface area contributed by atoms with Gasteiger partial charge in [-0.05, 0) is 24.6 Å². The van der Waals surface area contributed by atoms with E-state index in [4.69, 9.17) is 11.6 Å². The Morgan fingerprint density at radius 2 is 2.33 bits per heavy atom. The highest BCUT2D eigenvalue weighted by atomic mass is 35.5. The van der Waals surface area contributed by atoms with Crippen molar-refractivity contribution < 1.29 is 9.18 Å². The van der Waals surface area contributed by atoms with Gasteiger partial charge in [0.05, 0.1) is 0 Å². The van der Waals surface area contributed by atoms with Crippen molar-refractivity contribution in [3.8, 4) is 0 Å². The van der Waals surface area contributed by atoms with Gasteiger partial charge in [-0.15, -0.1) is 0 Å². The molecule has 0 bridgehead atoms. The Hall–Kier alpha value is -1.88. The van der Waals surface area contributed by atoms with Crippen LogP contribution in [0.4, 0.5) is 9.18 Å². The van der Waals surface area contributed by atoms with E-state index in [1.54, 1.807) is 13.0 Å². The molecule has 2 rings (SSSR count). The topological polar surface area (TPSA) is 46.9 Å². The van der Waals surface area contributed by atoms with Crippen LogP contribution in [0.1, 0.15) is 11.1 Å². The molecule has 0 aliphatic rings. The zero-order valence-electron chi connectivity index (χ0n) is 9.65. The molecule has 0 spiro atoms. The molecular weight excluding hydrogens is 257 g/mol. The van der Waals surface area contributed by atoms with Crippen LogP contribution in [0.15, 0.2) is 30.9 Å². The van der Waals surface area contributed by atoms with Gasteiger partial charge in [-0.2, -0.15) is 0 Å². The van der Waals surface area contributed by atoms with Gasteiger partial charge in [0, 0.05) is 29.5 Å². The van der Waals surface area contributed by atoms with Gasteiger partial charge in [0.15, 0.2) is 0 Å². The highest BCUT2D eigenvalue weighted by Gasteiger charge is 2.08. The maximum absolute atomic E-state index is 13.6. The highest BCUT2D eigenvalue weighted by molar-refractivity contribution is 6.31. The maximum atomic E-state index is 13.6. The van der Waals surface area contributed by atoms with Crippen LogP contribution in [-0.2, 0) is 6.54 Å². The van der Waals surface area contributed by atoms with Gasteiger partial charge in [-0.3, -0.25) is 4.57 Å². The molecule has 0 radical (unpaired) electrons. The molecule has 1 heterocycles. The summed E-state index contributed by atoms with van der Waals surface area (Å²) in [6.45, 7) is 1.88. The average molecular weight is 268 g/mol. The van der Waals surface area contributed by atoms with Crippen LogP contribution >= 0.6 is 11.6 Å². The summed E-state index contributed by atoms with van der Waals surface area (Å²) in [6, 6.07) is 2.50. The monoisotopic (exact) mass is 267 g/mol. The molecule has 0 fully saturated rings. The number of aromatic nitrogens is 2. The molecule has 94 valence electrons. The minimum atomic E-state index is -0.434. The van der Waals surface area contributed by atoms with E-state index in [-0.39, 0.29) is 12.6 Å². The lowest BCUT2D eigenvalue weighted by Crippen LogP contribution is -2.27. The van der Waals surface area contributed by atoms with Crippen molar-refractivity contribution >= 4 is 17.6 Å². The van der Waals surface area contributed by atoms with E-state index in [9.17, 15) is 9.18 Å². The van der Waals surface area contributed by atoms with Crippen molar-refractivity contribution in [2.75, 3.05) is 0 Å². The first-order chi connectivity index (χ1) is 8.58. The van der Waals surface area contributed by atoms with Crippen molar-refractivity contribution in [3.63, 3.8) is 0 Å². The van der Waals surface area contributed by atoms with Gasteiger partial charge in [-0.25, -0.2) is 14.2 Å². The van der Waals surface area contributed by atoms with E-state index in [1.165, 1.54) is 29.4 Å². The third-order valence-electron chi connectivity index (χ3n) is 2.50. The summed E-state index contributed by atoms with van der Waals surface area (Å²) in [5.41, 5.74) is 1.16. The predicted octanol–water partition coefficient (Wildman–Crippen LogP) is 2.74. The first kappa shape index (κ1) is 12.6. The van der Waals surface area contributed by atoms with Crippen LogP contribution in [0.2, 0.25) is 5.02 Å². The van der Waals surface area contributed by atoms with Crippen molar-refractivity contribution in [2.45, 2.75) is 13.5 Å². The maximum Gasteiger partial charge on any atom is 0.327 e. The van der Waals surface area contributed by atoms with Crippen LogP contribution in [0.25, 0.3) is 0 Å². The number of imidazole rings is 1. The van der Waals surface area contributed by atoms with Crippen LogP contribution in [0.3, 0.4) is 0 Å². The molecule has 18 heavy (non-hydrogen) atoms. The van der Waals surface area contributed by atoms with Gasteiger partial charge in [0.1, 0.15) is 12.1 Å². The third kappa shape index (κ3) is 2.68. The van der Waals surface area contributed by atoms with Gasteiger partial charge in [0.2, 0.25) is 0 Å². The first-order valence-corrected chi connectivity index (χ1v) is 5.66. The molecule has 1 N–H and O–H groups in total. The molecule has 4 nitrogen and oxygen atoms in total. The van der Waals surface area contributed by atoms with Crippen LogP contribution in [0.5, 0.6) is 0 Å². The van der Waals surface area contributed by atoms with Crippen molar-refractivity contribution in [1.82, 2.24) is 14.9 Å². The van der Waals surface area contributed by atoms with Gasteiger partial charge >= 0.3 is 6.03 Å². The summed E-state index contributed by atoms with van der Waals surface area (Å²) in [5.74, 6) is -0.434. The number of rotatable bonds is 2. The number of aryl methyl sites for hydroxylation is 1. The summed E-state index contributed by atoms with van der Waals surface area (Å²) in [6.07, 6.45) is 4.38. The minimum absolute atomic E-state index is 0.0981.